The highest BCUT2D eigenvalue weighted by Crippen LogP contribution is 2.29. The zero-order valence-electron chi connectivity index (χ0n) is 18.6. The number of nitrogens with one attached hydrogen (secondary N) is 1. The lowest BCUT2D eigenvalue weighted by Crippen LogP contribution is -2.29. The molecule has 168 valence electrons. The predicted molar refractivity (Wildman–Crippen MR) is 135 cm³/mol. The molecule has 5 aromatic rings. The summed E-state index contributed by atoms with van der Waals surface area (Å²) in [5.41, 5.74) is 5.14. The molecule has 1 aliphatic rings. The van der Waals surface area contributed by atoms with E-state index in [0.29, 0.717) is 11.4 Å². The molecule has 1 aliphatic heterocycles. The summed E-state index contributed by atoms with van der Waals surface area (Å²) in [6.07, 6.45) is 4.64. The van der Waals surface area contributed by atoms with Crippen molar-refractivity contribution in [3.63, 3.8) is 0 Å². The van der Waals surface area contributed by atoms with Gasteiger partial charge >= 0.3 is 0 Å². The van der Waals surface area contributed by atoms with Crippen LogP contribution in [0.5, 0.6) is 0 Å². The Hall–Kier alpha value is -4.04. The van der Waals surface area contributed by atoms with Crippen molar-refractivity contribution in [1.29, 1.82) is 0 Å². The second-order valence-electron chi connectivity index (χ2n) is 8.35. The molecule has 6 rings (SSSR count). The van der Waals surface area contributed by atoms with Crippen LogP contribution in [0.1, 0.15) is 26.6 Å². The van der Waals surface area contributed by atoms with E-state index in [-0.39, 0.29) is 5.91 Å². The van der Waals surface area contributed by atoms with Gasteiger partial charge in [-0.15, -0.1) is 16.4 Å². The Kier molecular flexibility index (Phi) is 5.07. The van der Waals surface area contributed by atoms with Gasteiger partial charge in [0.05, 0.1) is 11.4 Å². The molecule has 0 atom stereocenters. The third kappa shape index (κ3) is 3.62. The smallest absolute Gasteiger partial charge is 0.278 e. The van der Waals surface area contributed by atoms with Crippen LogP contribution in [0.3, 0.4) is 0 Å². The van der Waals surface area contributed by atoms with Crippen molar-refractivity contribution in [3.05, 3.63) is 94.2 Å². The number of thiophene rings is 1. The second kappa shape index (κ2) is 8.39. The zero-order valence-corrected chi connectivity index (χ0v) is 19.4. The molecule has 0 fully saturated rings. The molecule has 0 unspecified atom stereocenters. The second-order valence-corrected chi connectivity index (χ2v) is 9.35. The fraction of sp³-hybridized carbons (Fsp3) is 0.154. The van der Waals surface area contributed by atoms with Gasteiger partial charge in [-0.2, -0.15) is 0 Å². The number of rotatable bonds is 4. The van der Waals surface area contributed by atoms with Gasteiger partial charge in [-0.3, -0.25) is 9.78 Å². The van der Waals surface area contributed by atoms with Crippen LogP contribution in [0.4, 0.5) is 11.4 Å². The fourth-order valence-corrected chi connectivity index (χ4v) is 5.36. The van der Waals surface area contributed by atoms with Crippen molar-refractivity contribution in [2.24, 2.45) is 0 Å². The summed E-state index contributed by atoms with van der Waals surface area (Å²) < 4.78 is 1.70. The zero-order chi connectivity index (χ0) is 23.1. The number of fused-ring (bicyclic) bond motifs is 2. The van der Waals surface area contributed by atoms with Crippen molar-refractivity contribution in [2.45, 2.75) is 19.9 Å². The fourth-order valence-electron chi connectivity index (χ4n) is 4.47. The molecule has 3 aromatic heterocycles. The SMILES string of the molecule is Cc1c(C(=O)Nc2ccc(N3CCc4sccc4C3)cc2)nnn1-c1cccc2cnccc12. The minimum absolute atomic E-state index is 0.278. The highest BCUT2D eigenvalue weighted by Gasteiger charge is 2.20. The lowest BCUT2D eigenvalue weighted by atomic mass is 10.1. The Labute approximate surface area is 200 Å². The summed E-state index contributed by atoms with van der Waals surface area (Å²) in [7, 11) is 0. The number of hydrogen-bond donors (Lipinski definition) is 1. The van der Waals surface area contributed by atoms with Gasteiger partial charge in [0.25, 0.3) is 5.91 Å². The number of amides is 1. The van der Waals surface area contributed by atoms with Crippen molar-refractivity contribution in [3.8, 4) is 5.69 Å². The highest BCUT2D eigenvalue weighted by molar-refractivity contribution is 7.10. The maximum absolute atomic E-state index is 13.0. The summed E-state index contributed by atoms with van der Waals surface area (Å²) in [6.45, 7) is 3.79. The van der Waals surface area contributed by atoms with Gasteiger partial charge in [0.15, 0.2) is 5.69 Å². The molecule has 1 amide bonds. The van der Waals surface area contributed by atoms with Gasteiger partial charge in [-0.1, -0.05) is 17.3 Å². The van der Waals surface area contributed by atoms with E-state index in [1.54, 1.807) is 10.9 Å². The summed E-state index contributed by atoms with van der Waals surface area (Å²) in [5, 5.41) is 15.6. The summed E-state index contributed by atoms with van der Waals surface area (Å²) in [4.78, 5) is 21.0. The van der Waals surface area contributed by atoms with Crippen LogP contribution >= 0.6 is 11.3 Å². The van der Waals surface area contributed by atoms with Crippen LogP contribution in [-0.2, 0) is 13.0 Å². The molecule has 7 nitrogen and oxygen atoms in total. The first-order chi connectivity index (χ1) is 16.7. The standard InChI is InChI=1S/C26H22N6OS/c1-17-25(29-30-32(17)23-4-2-3-18-15-27-12-9-22(18)23)26(33)28-20-5-7-21(8-6-20)31-13-10-24-19(16-31)11-14-34-24/h2-9,11-12,14-15H,10,13,16H2,1H3,(H,28,33). The average molecular weight is 467 g/mol. The maximum atomic E-state index is 13.0. The van der Waals surface area contributed by atoms with Gasteiger partial charge in [0.1, 0.15) is 0 Å². The minimum Gasteiger partial charge on any atom is -0.367 e. The molecule has 0 saturated carbocycles. The lowest BCUT2D eigenvalue weighted by Gasteiger charge is -2.29. The maximum Gasteiger partial charge on any atom is 0.278 e. The molecular weight excluding hydrogens is 444 g/mol. The van der Waals surface area contributed by atoms with E-state index in [9.17, 15) is 4.79 Å². The Bertz CT molecular complexity index is 1500. The molecule has 0 spiro atoms. The van der Waals surface area contributed by atoms with E-state index in [2.05, 4.69) is 49.1 Å². The largest absolute Gasteiger partial charge is 0.367 e. The van der Waals surface area contributed by atoms with Crippen molar-refractivity contribution >= 4 is 39.4 Å². The third-order valence-corrected chi connectivity index (χ3v) is 7.32. The van der Waals surface area contributed by atoms with E-state index < -0.39 is 0 Å². The van der Waals surface area contributed by atoms with Crippen LogP contribution in [0, 0.1) is 6.92 Å². The van der Waals surface area contributed by atoms with Crippen LogP contribution < -0.4 is 10.2 Å². The number of benzene rings is 2. The first-order valence-corrected chi connectivity index (χ1v) is 12.0. The number of pyridine rings is 1. The molecule has 1 N–H and O–H groups in total. The summed E-state index contributed by atoms with van der Waals surface area (Å²) in [6, 6.07) is 18.1. The van der Waals surface area contributed by atoms with E-state index in [1.165, 1.54) is 10.4 Å². The average Bonchev–Trinajstić information content (AvgIpc) is 3.50. The molecule has 0 bridgehead atoms. The quantitative estimate of drug-likeness (QED) is 0.403. The van der Waals surface area contributed by atoms with Crippen LogP contribution in [0.2, 0.25) is 0 Å². The lowest BCUT2D eigenvalue weighted by molar-refractivity contribution is 0.102. The number of aromatic nitrogens is 4. The highest BCUT2D eigenvalue weighted by atomic mass is 32.1. The van der Waals surface area contributed by atoms with Crippen molar-refractivity contribution in [2.75, 3.05) is 16.8 Å². The number of nitrogens with zero attached hydrogens (tertiary/aromatic N) is 5. The Morgan fingerprint density at radius 3 is 2.85 bits per heavy atom. The normalized spacial score (nSPS) is 13.1. The first-order valence-electron chi connectivity index (χ1n) is 11.1. The van der Waals surface area contributed by atoms with E-state index in [1.807, 2.05) is 60.9 Å². The molecule has 8 heteroatoms. The first kappa shape index (κ1) is 20.6. The van der Waals surface area contributed by atoms with Gasteiger partial charge in [0, 0.05) is 52.5 Å². The summed E-state index contributed by atoms with van der Waals surface area (Å²) in [5.74, 6) is -0.278. The number of hydrogen-bond acceptors (Lipinski definition) is 6. The Morgan fingerprint density at radius 2 is 1.97 bits per heavy atom. The van der Waals surface area contributed by atoms with E-state index in [0.717, 1.165) is 47.3 Å². The van der Waals surface area contributed by atoms with Crippen molar-refractivity contribution < 1.29 is 4.79 Å². The topological polar surface area (TPSA) is 75.9 Å². The monoisotopic (exact) mass is 466 g/mol. The molecule has 34 heavy (non-hydrogen) atoms. The van der Waals surface area contributed by atoms with Gasteiger partial charge < -0.3 is 10.2 Å². The van der Waals surface area contributed by atoms with Crippen LogP contribution in [-0.4, -0.2) is 32.4 Å². The third-order valence-electron chi connectivity index (χ3n) is 6.29. The molecule has 4 heterocycles. The molecule has 0 radical (unpaired) electrons. The number of carbonyl (C=O) groups is 1. The van der Waals surface area contributed by atoms with Crippen molar-refractivity contribution in [1.82, 2.24) is 20.0 Å². The molecule has 0 aliphatic carbocycles. The molecule has 2 aromatic carbocycles. The Balaban J connectivity index is 1.20. The van der Waals surface area contributed by atoms with Gasteiger partial charge in [0.2, 0.25) is 0 Å². The molecular formula is C26H22N6OS. The van der Waals surface area contributed by atoms with Gasteiger partial charge in [-0.25, -0.2) is 4.68 Å². The number of anilines is 2. The molecule has 0 saturated heterocycles. The predicted octanol–water partition coefficient (Wildman–Crippen LogP) is 5.00. The van der Waals surface area contributed by atoms with E-state index in [4.69, 9.17) is 0 Å². The van der Waals surface area contributed by atoms with Gasteiger partial charge in [-0.05, 0) is 66.8 Å². The Morgan fingerprint density at radius 1 is 1.09 bits per heavy atom. The van der Waals surface area contributed by atoms with Crippen LogP contribution in [0.25, 0.3) is 16.5 Å². The summed E-state index contributed by atoms with van der Waals surface area (Å²) >= 11 is 1.84. The minimum atomic E-state index is -0.278. The van der Waals surface area contributed by atoms with Crippen LogP contribution in [0.15, 0.2) is 72.4 Å². The van der Waals surface area contributed by atoms with E-state index >= 15 is 0 Å². The number of carbonyl (C=O) groups excluding carboxylic acids is 1.